The molecule has 180 valence electrons. The zero-order valence-corrected chi connectivity index (χ0v) is 19.7. The molecule has 8 heteroatoms. The van der Waals surface area contributed by atoms with Crippen molar-refractivity contribution in [2.24, 2.45) is 0 Å². The highest BCUT2D eigenvalue weighted by atomic mass is 35.5. The molecular weight excluding hydrogens is 458 g/mol. The van der Waals surface area contributed by atoms with Crippen molar-refractivity contribution >= 4 is 35.5 Å². The number of nitrogens with one attached hydrogen (secondary N) is 1. The van der Waals surface area contributed by atoms with E-state index in [1.807, 2.05) is 35.2 Å². The van der Waals surface area contributed by atoms with E-state index in [-0.39, 0.29) is 30.1 Å². The van der Waals surface area contributed by atoms with Crippen LogP contribution in [-0.4, -0.2) is 55.1 Å². The third-order valence-corrected chi connectivity index (χ3v) is 5.82. The zero-order valence-electron chi connectivity index (χ0n) is 18.9. The van der Waals surface area contributed by atoms with Gasteiger partial charge in [0.15, 0.2) is 0 Å². The smallest absolute Gasteiger partial charge is 0.321 e. The van der Waals surface area contributed by atoms with Crippen LogP contribution in [-0.2, 0) is 0 Å². The molecular formula is C26H29ClF2N4O. The summed E-state index contributed by atoms with van der Waals surface area (Å²) >= 11 is 0. The average Bonchev–Trinajstić information content (AvgIpc) is 2.84. The Balaban J connectivity index is 0.00000324. The summed E-state index contributed by atoms with van der Waals surface area (Å²) in [5.41, 5.74) is 2.53. The van der Waals surface area contributed by atoms with Crippen LogP contribution in [0.5, 0.6) is 0 Å². The van der Waals surface area contributed by atoms with Crippen molar-refractivity contribution in [3.8, 4) is 0 Å². The van der Waals surface area contributed by atoms with Crippen molar-refractivity contribution in [1.82, 2.24) is 9.80 Å². The van der Waals surface area contributed by atoms with Gasteiger partial charge >= 0.3 is 6.03 Å². The second kappa shape index (κ2) is 12.3. The summed E-state index contributed by atoms with van der Waals surface area (Å²) in [5, 5.41) is 2.94. The first-order valence-corrected chi connectivity index (χ1v) is 11.2. The molecule has 0 unspecified atom stereocenters. The average molecular weight is 487 g/mol. The predicted octanol–water partition coefficient (Wildman–Crippen LogP) is 5.76. The van der Waals surface area contributed by atoms with Crippen LogP contribution < -0.4 is 10.2 Å². The Morgan fingerprint density at radius 2 is 1.32 bits per heavy atom. The quantitative estimate of drug-likeness (QED) is 0.461. The predicted molar refractivity (Wildman–Crippen MR) is 135 cm³/mol. The van der Waals surface area contributed by atoms with Crippen molar-refractivity contribution in [3.05, 3.63) is 90.5 Å². The standard InChI is InChI=1S/C26H28F2N4O.ClH/c27-21-7-11-24(12-8-21)32(25-13-9-22(28)10-14-25)16-4-15-30-17-19-31(20-18-30)26(33)29-23-5-2-1-3-6-23;/h1-3,5-14H,4,15-20H2,(H,29,33);1H. The van der Waals surface area contributed by atoms with Crippen LogP contribution in [0, 0.1) is 11.6 Å². The highest BCUT2D eigenvalue weighted by Gasteiger charge is 2.21. The number of urea groups is 1. The number of hydrogen-bond donors (Lipinski definition) is 1. The molecule has 1 aliphatic rings. The van der Waals surface area contributed by atoms with E-state index in [9.17, 15) is 13.6 Å². The van der Waals surface area contributed by atoms with E-state index in [1.165, 1.54) is 24.3 Å². The van der Waals surface area contributed by atoms with Crippen LogP contribution in [0.15, 0.2) is 78.9 Å². The monoisotopic (exact) mass is 486 g/mol. The molecule has 3 aromatic carbocycles. The number of carbonyl (C=O) groups excluding carboxylic acids is 1. The molecule has 0 saturated carbocycles. The first kappa shape index (κ1) is 25.5. The van der Waals surface area contributed by atoms with Crippen molar-refractivity contribution in [2.45, 2.75) is 6.42 Å². The number of rotatable bonds is 7. The van der Waals surface area contributed by atoms with Crippen LogP contribution in [0.2, 0.25) is 0 Å². The molecule has 1 fully saturated rings. The second-order valence-electron chi connectivity index (χ2n) is 8.08. The lowest BCUT2D eigenvalue weighted by atomic mass is 10.2. The molecule has 0 radical (unpaired) electrons. The maximum Gasteiger partial charge on any atom is 0.321 e. The number of anilines is 3. The number of benzene rings is 3. The Hall–Kier alpha value is -3.16. The van der Waals surface area contributed by atoms with Gasteiger partial charge in [0.2, 0.25) is 0 Å². The van der Waals surface area contributed by atoms with Crippen molar-refractivity contribution in [3.63, 3.8) is 0 Å². The number of amides is 2. The molecule has 0 bridgehead atoms. The highest BCUT2D eigenvalue weighted by Crippen LogP contribution is 2.26. The fourth-order valence-electron chi connectivity index (χ4n) is 4.00. The summed E-state index contributed by atoms with van der Waals surface area (Å²) in [4.78, 5) is 18.7. The molecule has 34 heavy (non-hydrogen) atoms. The van der Waals surface area contributed by atoms with E-state index in [4.69, 9.17) is 0 Å². The van der Waals surface area contributed by atoms with Gasteiger partial charge in [0, 0.05) is 49.8 Å². The van der Waals surface area contributed by atoms with E-state index in [2.05, 4.69) is 15.1 Å². The lowest BCUT2D eigenvalue weighted by Gasteiger charge is -2.35. The van der Waals surface area contributed by atoms with Crippen LogP contribution in [0.25, 0.3) is 0 Å². The second-order valence-corrected chi connectivity index (χ2v) is 8.08. The van der Waals surface area contributed by atoms with Gasteiger partial charge in [-0.2, -0.15) is 0 Å². The van der Waals surface area contributed by atoms with Gasteiger partial charge in [-0.3, -0.25) is 4.90 Å². The van der Waals surface area contributed by atoms with E-state index in [0.29, 0.717) is 19.6 Å². The minimum absolute atomic E-state index is 0. The summed E-state index contributed by atoms with van der Waals surface area (Å²) < 4.78 is 26.8. The number of halogens is 3. The fourth-order valence-corrected chi connectivity index (χ4v) is 4.00. The minimum atomic E-state index is -0.285. The molecule has 4 rings (SSSR count). The van der Waals surface area contributed by atoms with Crippen LogP contribution in [0.3, 0.4) is 0 Å². The maximum absolute atomic E-state index is 13.4. The van der Waals surface area contributed by atoms with Gasteiger partial charge in [0.1, 0.15) is 11.6 Å². The zero-order chi connectivity index (χ0) is 23.0. The third kappa shape index (κ3) is 6.92. The van der Waals surface area contributed by atoms with E-state index in [0.717, 1.165) is 43.1 Å². The maximum atomic E-state index is 13.4. The van der Waals surface area contributed by atoms with E-state index < -0.39 is 0 Å². The molecule has 0 atom stereocenters. The fraction of sp³-hybridized carbons (Fsp3) is 0.269. The lowest BCUT2D eigenvalue weighted by Crippen LogP contribution is -2.50. The van der Waals surface area contributed by atoms with Gasteiger partial charge in [-0.25, -0.2) is 13.6 Å². The van der Waals surface area contributed by atoms with Gasteiger partial charge in [-0.1, -0.05) is 18.2 Å². The Bertz CT molecular complexity index is 981. The first-order valence-electron chi connectivity index (χ1n) is 11.2. The molecule has 2 amide bonds. The molecule has 5 nitrogen and oxygen atoms in total. The summed E-state index contributed by atoms with van der Waals surface area (Å²) in [6.45, 7) is 4.58. The summed E-state index contributed by atoms with van der Waals surface area (Å²) in [6.07, 6.45) is 0.880. The minimum Gasteiger partial charge on any atom is -0.341 e. The molecule has 0 aromatic heterocycles. The molecule has 1 saturated heterocycles. The van der Waals surface area contributed by atoms with Crippen molar-refractivity contribution < 1.29 is 13.6 Å². The Morgan fingerprint density at radius 3 is 1.85 bits per heavy atom. The number of hydrogen-bond acceptors (Lipinski definition) is 3. The molecule has 0 aliphatic carbocycles. The molecule has 1 heterocycles. The Labute approximate surface area is 205 Å². The summed E-state index contributed by atoms with van der Waals surface area (Å²) in [5.74, 6) is -0.570. The third-order valence-electron chi connectivity index (χ3n) is 5.82. The molecule has 1 N–H and O–H groups in total. The van der Waals surface area contributed by atoms with Crippen LogP contribution >= 0.6 is 12.4 Å². The molecule has 1 aliphatic heterocycles. The largest absolute Gasteiger partial charge is 0.341 e. The molecule has 0 spiro atoms. The lowest BCUT2D eigenvalue weighted by molar-refractivity contribution is 0.147. The first-order chi connectivity index (χ1) is 16.1. The van der Waals surface area contributed by atoms with Crippen LogP contribution in [0.4, 0.5) is 30.6 Å². The topological polar surface area (TPSA) is 38.8 Å². The highest BCUT2D eigenvalue weighted by molar-refractivity contribution is 5.89. The van der Waals surface area contributed by atoms with Crippen molar-refractivity contribution in [1.29, 1.82) is 0 Å². The van der Waals surface area contributed by atoms with Gasteiger partial charge in [-0.05, 0) is 73.6 Å². The SMILES string of the molecule is Cl.O=C(Nc1ccccc1)N1CCN(CCCN(c2ccc(F)cc2)c2ccc(F)cc2)CC1. The van der Waals surface area contributed by atoms with Gasteiger partial charge < -0.3 is 15.1 Å². The number of para-hydroxylation sites is 1. The normalized spacial score (nSPS) is 13.8. The van der Waals surface area contributed by atoms with Gasteiger partial charge in [0.05, 0.1) is 0 Å². The Kier molecular flexibility index (Phi) is 9.24. The van der Waals surface area contributed by atoms with Gasteiger partial charge in [0.25, 0.3) is 0 Å². The van der Waals surface area contributed by atoms with Gasteiger partial charge in [-0.15, -0.1) is 12.4 Å². The van der Waals surface area contributed by atoms with E-state index in [1.54, 1.807) is 24.3 Å². The number of nitrogens with zero attached hydrogens (tertiary/aromatic N) is 3. The summed E-state index contributed by atoms with van der Waals surface area (Å²) in [6, 6.07) is 22.1. The Morgan fingerprint density at radius 1 is 0.794 bits per heavy atom. The summed E-state index contributed by atoms with van der Waals surface area (Å²) in [7, 11) is 0. The van der Waals surface area contributed by atoms with E-state index >= 15 is 0 Å². The number of carbonyl (C=O) groups is 1. The van der Waals surface area contributed by atoms with Crippen LogP contribution in [0.1, 0.15) is 6.42 Å². The number of piperazine rings is 1. The molecule has 3 aromatic rings. The van der Waals surface area contributed by atoms with Crippen molar-refractivity contribution in [2.75, 3.05) is 49.5 Å².